The number of H-pyrrole nitrogens is 1. The van der Waals surface area contributed by atoms with Crippen molar-refractivity contribution in [1.29, 1.82) is 0 Å². The molecule has 1 saturated heterocycles. The Balaban J connectivity index is 0.00000192. The number of nitrogens with one attached hydrogen (secondary N) is 2. The molecule has 126 valence electrons. The lowest BCUT2D eigenvalue weighted by atomic mass is 10.2. The summed E-state index contributed by atoms with van der Waals surface area (Å²) in [5.74, 6) is 1.66. The minimum atomic E-state index is 0. The number of benzene rings is 1. The van der Waals surface area contributed by atoms with Crippen molar-refractivity contribution >= 4 is 41.1 Å². The van der Waals surface area contributed by atoms with Crippen LogP contribution in [-0.4, -0.2) is 52.2 Å². The average molecular weight is 355 g/mol. The maximum atomic E-state index is 12.4. The molecule has 0 bridgehead atoms. The minimum Gasteiger partial charge on any atom is -0.341 e. The van der Waals surface area contributed by atoms with Gasteiger partial charge in [0.05, 0.1) is 22.0 Å². The molecule has 0 saturated carbocycles. The van der Waals surface area contributed by atoms with E-state index in [9.17, 15) is 4.79 Å². The third kappa shape index (κ3) is 4.19. The molecule has 1 amide bonds. The monoisotopic (exact) mass is 354 g/mol. The highest BCUT2D eigenvalue weighted by Gasteiger charge is 2.23. The van der Waals surface area contributed by atoms with E-state index < -0.39 is 0 Å². The number of nitrogens with zero attached hydrogens (tertiary/aromatic N) is 2. The first-order valence-corrected chi connectivity index (χ1v) is 8.76. The minimum absolute atomic E-state index is 0. The van der Waals surface area contributed by atoms with Gasteiger partial charge in [-0.25, -0.2) is 4.98 Å². The van der Waals surface area contributed by atoms with Crippen LogP contribution in [0.3, 0.4) is 0 Å². The smallest absolute Gasteiger partial charge is 0.232 e. The Morgan fingerprint density at radius 1 is 1.48 bits per heavy atom. The maximum Gasteiger partial charge on any atom is 0.232 e. The van der Waals surface area contributed by atoms with Gasteiger partial charge in [-0.15, -0.1) is 24.2 Å². The molecule has 2 aromatic rings. The van der Waals surface area contributed by atoms with Crippen LogP contribution in [-0.2, 0) is 4.79 Å². The lowest BCUT2D eigenvalue weighted by Gasteiger charge is -2.34. The van der Waals surface area contributed by atoms with Crippen LogP contribution in [0.25, 0.3) is 11.0 Å². The normalized spacial score (nSPS) is 19.4. The summed E-state index contributed by atoms with van der Waals surface area (Å²) in [4.78, 5) is 22.3. The Hall–Kier alpha value is -1.24. The number of carbonyl (C=O) groups is 1. The van der Waals surface area contributed by atoms with Gasteiger partial charge in [0.1, 0.15) is 5.82 Å². The molecule has 1 fully saturated rings. The summed E-state index contributed by atoms with van der Waals surface area (Å²) in [6.07, 6.45) is 0. The van der Waals surface area contributed by atoms with Crippen molar-refractivity contribution < 1.29 is 4.79 Å². The van der Waals surface area contributed by atoms with Gasteiger partial charge in [0.2, 0.25) is 5.91 Å². The maximum absolute atomic E-state index is 12.4. The van der Waals surface area contributed by atoms with Gasteiger partial charge in [-0.1, -0.05) is 12.1 Å². The quantitative estimate of drug-likeness (QED) is 0.886. The van der Waals surface area contributed by atoms with Crippen LogP contribution in [0, 0.1) is 0 Å². The standard InChI is InChI=1S/C16H22N4OS.ClH/c1-11-9-17-7-8-20(11)15(21)10-22-12(2)16-18-13-5-3-4-6-14(13)19-16;/h3-6,11-12,17H,7-10H2,1-2H3,(H,18,19);1H/t11-,12?;/m0./s1. The lowest BCUT2D eigenvalue weighted by Crippen LogP contribution is -2.52. The molecule has 23 heavy (non-hydrogen) atoms. The van der Waals surface area contributed by atoms with Crippen molar-refractivity contribution in [3.63, 3.8) is 0 Å². The highest BCUT2D eigenvalue weighted by atomic mass is 35.5. The van der Waals surface area contributed by atoms with E-state index in [-0.39, 0.29) is 29.6 Å². The van der Waals surface area contributed by atoms with Gasteiger partial charge in [-0.2, -0.15) is 0 Å². The Morgan fingerprint density at radius 2 is 2.26 bits per heavy atom. The van der Waals surface area contributed by atoms with Gasteiger partial charge in [0.25, 0.3) is 0 Å². The van der Waals surface area contributed by atoms with Gasteiger partial charge < -0.3 is 15.2 Å². The molecule has 1 aliphatic rings. The molecular weight excluding hydrogens is 332 g/mol. The topological polar surface area (TPSA) is 61.0 Å². The summed E-state index contributed by atoms with van der Waals surface area (Å²) in [5, 5.41) is 3.48. The first-order chi connectivity index (χ1) is 10.6. The second kappa shape index (κ2) is 8.04. The molecule has 1 aliphatic heterocycles. The SMILES string of the molecule is CC(SCC(=O)N1CCNC[C@@H]1C)c1nc2ccccc2[nH]1.Cl. The number of imidazole rings is 1. The lowest BCUT2D eigenvalue weighted by molar-refractivity contribution is -0.131. The first kappa shape index (κ1) is 18.1. The van der Waals surface area contributed by atoms with Crippen molar-refractivity contribution in [2.24, 2.45) is 0 Å². The van der Waals surface area contributed by atoms with Crippen LogP contribution in [0.2, 0.25) is 0 Å². The summed E-state index contributed by atoms with van der Waals surface area (Å²) in [7, 11) is 0. The number of piperazine rings is 1. The van der Waals surface area contributed by atoms with E-state index in [1.54, 1.807) is 11.8 Å². The number of thioether (sulfide) groups is 1. The second-order valence-electron chi connectivity index (χ2n) is 5.73. The van der Waals surface area contributed by atoms with Crippen molar-refractivity contribution in [3.05, 3.63) is 30.1 Å². The number of hydrogen-bond donors (Lipinski definition) is 2. The van der Waals surface area contributed by atoms with Crippen LogP contribution in [0.15, 0.2) is 24.3 Å². The van der Waals surface area contributed by atoms with Gasteiger partial charge in [-0.05, 0) is 26.0 Å². The molecule has 1 aromatic carbocycles. The molecule has 1 unspecified atom stereocenters. The molecule has 5 nitrogen and oxygen atoms in total. The van der Waals surface area contributed by atoms with E-state index in [0.717, 1.165) is 36.5 Å². The van der Waals surface area contributed by atoms with Crippen molar-refractivity contribution in [3.8, 4) is 0 Å². The zero-order valence-corrected chi connectivity index (χ0v) is 15.0. The summed E-state index contributed by atoms with van der Waals surface area (Å²) < 4.78 is 0. The van der Waals surface area contributed by atoms with E-state index in [1.807, 2.05) is 29.2 Å². The fourth-order valence-corrected chi connectivity index (χ4v) is 3.56. The Bertz CT molecular complexity index is 629. The average Bonchev–Trinajstić information content (AvgIpc) is 2.97. The predicted octanol–water partition coefficient (Wildman–Crippen LogP) is 2.60. The highest BCUT2D eigenvalue weighted by Crippen LogP contribution is 2.28. The Morgan fingerprint density at radius 3 is 3.00 bits per heavy atom. The molecular formula is C16H23ClN4OS. The van der Waals surface area contributed by atoms with Crippen molar-refractivity contribution in [1.82, 2.24) is 20.2 Å². The Labute approximate surface area is 147 Å². The third-order valence-electron chi connectivity index (χ3n) is 4.07. The zero-order chi connectivity index (χ0) is 15.5. The number of aromatic nitrogens is 2. The van der Waals surface area contributed by atoms with E-state index in [1.165, 1.54) is 0 Å². The van der Waals surface area contributed by atoms with Gasteiger partial charge >= 0.3 is 0 Å². The van der Waals surface area contributed by atoms with E-state index in [4.69, 9.17) is 0 Å². The second-order valence-corrected chi connectivity index (χ2v) is 7.06. The Kier molecular flexibility index (Phi) is 6.33. The number of hydrogen-bond acceptors (Lipinski definition) is 4. The first-order valence-electron chi connectivity index (χ1n) is 7.71. The van der Waals surface area contributed by atoms with E-state index >= 15 is 0 Å². The van der Waals surface area contributed by atoms with E-state index in [2.05, 4.69) is 29.1 Å². The number of amides is 1. The third-order valence-corrected chi connectivity index (χ3v) is 5.21. The number of para-hydroxylation sites is 2. The molecule has 2 atom stereocenters. The van der Waals surface area contributed by atoms with Crippen molar-refractivity contribution in [2.45, 2.75) is 25.1 Å². The van der Waals surface area contributed by atoms with Crippen LogP contribution in [0.5, 0.6) is 0 Å². The van der Waals surface area contributed by atoms with Crippen molar-refractivity contribution in [2.75, 3.05) is 25.4 Å². The molecule has 0 spiro atoms. The summed E-state index contributed by atoms with van der Waals surface area (Å²) in [6.45, 7) is 6.77. The molecule has 2 N–H and O–H groups in total. The largest absolute Gasteiger partial charge is 0.341 e. The number of halogens is 1. The molecule has 1 aromatic heterocycles. The number of fused-ring (bicyclic) bond motifs is 1. The predicted molar refractivity (Wildman–Crippen MR) is 98.3 cm³/mol. The molecule has 3 rings (SSSR count). The fraction of sp³-hybridized carbons (Fsp3) is 0.500. The molecule has 0 aliphatic carbocycles. The number of rotatable bonds is 4. The number of aromatic amines is 1. The van der Waals surface area contributed by atoms with Gasteiger partial charge in [-0.3, -0.25) is 4.79 Å². The van der Waals surface area contributed by atoms with Crippen LogP contribution < -0.4 is 5.32 Å². The number of carbonyl (C=O) groups excluding carboxylic acids is 1. The molecule has 0 radical (unpaired) electrons. The van der Waals surface area contributed by atoms with Crippen LogP contribution in [0.4, 0.5) is 0 Å². The fourth-order valence-electron chi connectivity index (χ4n) is 2.73. The summed E-state index contributed by atoms with van der Waals surface area (Å²) in [5.41, 5.74) is 2.03. The summed E-state index contributed by atoms with van der Waals surface area (Å²) in [6, 6.07) is 8.29. The molecule has 2 heterocycles. The molecule has 7 heteroatoms. The van der Waals surface area contributed by atoms with Crippen LogP contribution >= 0.6 is 24.2 Å². The zero-order valence-electron chi connectivity index (χ0n) is 13.4. The van der Waals surface area contributed by atoms with Gasteiger partial charge in [0.15, 0.2) is 0 Å². The highest BCUT2D eigenvalue weighted by molar-refractivity contribution is 8.00. The van der Waals surface area contributed by atoms with E-state index in [0.29, 0.717) is 5.75 Å². The van der Waals surface area contributed by atoms with Gasteiger partial charge in [0, 0.05) is 25.7 Å². The summed E-state index contributed by atoms with van der Waals surface area (Å²) >= 11 is 1.64. The van der Waals surface area contributed by atoms with Crippen LogP contribution in [0.1, 0.15) is 24.9 Å².